The number of quaternary nitrogens is 2. The minimum absolute atomic E-state index is 0.0620. The minimum atomic E-state index is -0.327. The molecule has 0 radical (unpaired) electrons. The number of hydrogen-bond donors (Lipinski definition) is 3. The Bertz CT molecular complexity index is 631. The molecule has 0 spiro atoms. The molecule has 0 unspecified atom stereocenters. The molecule has 136 valence electrons. The molecule has 25 heavy (non-hydrogen) atoms. The van der Waals surface area contributed by atoms with Crippen molar-refractivity contribution in [1.82, 2.24) is 10.2 Å². The van der Waals surface area contributed by atoms with Gasteiger partial charge in [0.05, 0.1) is 0 Å². The number of urea groups is 1. The number of rotatable bonds is 6. The molecule has 2 saturated heterocycles. The van der Waals surface area contributed by atoms with Gasteiger partial charge in [0.15, 0.2) is 6.67 Å². The van der Waals surface area contributed by atoms with Gasteiger partial charge in [0.1, 0.15) is 38.8 Å². The molecule has 0 aromatic heterocycles. The molecule has 0 bridgehead atoms. The van der Waals surface area contributed by atoms with Crippen molar-refractivity contribution in [2.75, 3.05) is 32.8 Å². The van der Waals surface area contributed by atoms with Crippen LogP contribution in [0, 0.1) is 0 Å². The lowest BCUT2D eigenvalue weighted by molar-refractivity contribution is -1.02. The standard InChI is InChI=1S/C18H25ClN4O2/c1-2-4-16-17(24)23(18(25)20-16)13-22-9-7-21(8-10-22)12-14-5-3-6-15(19)11-14/h3,5-6,11,16H,2,4,7-10,12-13H2,1H3,(H,20,25)/p+2/t16-/m0/s1. The molecule has 0 aliphatic carbocycles. The molecule has 2 aliphatic heterocycles. The van der Waals surface area contributed by atoms with Crippen LogP contribution in [0.5, 0.6) is 0 Å². The summed E-state index contributed by atoms with van der Waals surface area (Å²) in [4.78, 5) is 28.6. The summed E-state index contributed by atoms with van der Waals surface area (Å²) >= 11 is 6.05. The Morgan fingerprint density at radius 1 is 1.20 bits per heavy atom. The molecule has 7 heteroatoms. The van der Waals surface area contributed by atoms with Crippen LogP contribution in [0.3, 0.4) is 0 Å². The summed E-state index contributed by atoms with van der Waals surface area (Å²) < 4.78 is 0. The van der Waals surface area contributed by atoms with E-state index in [1.807, 2.05) is 25.1 Å². The molecule has 6 nitrogen and oxygen atoms in total. The van der Waals surface area contributed by atoms with E-state index in [2.05, 4.69) is 11.4 Å². The summed E-state index contributed by atoms with van der Waals surface area (Å²) in [7, 11) is 0. The number of nitrogens with one attached hydrogen (secondary N) is 3. The molecule has 3 rings (SSSR count). The van der Waals surface area contributed by atoms with E-state index >= 15 is 0 Å². The van der Waals surface area contributed by atoms with Crippen molar-refractivity contribution in [3.8, 4) is 0 Å². The number of hydrogen-bond acceptors (Lipinski definition) is 2. The van der Waals surface area contributed by atoms with Crippen LogP contribution in [-0.2, 0) is 11.3 Å². The monoisotopic (exact) mass is 366 g/mol. The largest absolute Gasteiger partial charge is 0.329 e. The zero-order valence-electron chi connectivity index (χ0n) is 14.7. The van der Waals surface area contributed by atoms with Crippen molar-refractivity contribution in [1.29, 1.82) is 0 Å². The van der Waals surface area contributed by atoms with Crippen LogP contribution >= 0.6 is 11.6 Å². The first-order valence-electron chi connectivity index (χ1n) is 9.10. The van der Waals surface area contributed by atoms with Crippen molar-refractivity contribution >= 4 is 23.5 Å². The lowest BCUT2D eigenvalue weighted by Crippen LogP contribution is -3.28. The summed E-state index contributed by atoms with van der Waals surface area (Å²) in [5.41, 5.74) is 1.25. The molecule has 1 aromatic carbocycles. The van der Waals surface area contributed by atoms with Gasteiger partial charge in [0, 0.05) is 10.6 Å². The van der Waals surface area contributed by atoms with Crippen LogP contribution in [0.4, 0.5) is 4.79 Å². The molecular formula is C18H27ClN4O2+2. The van der Waals surface area contributed by atoms with Gasteiger partial charge in [-0.15, -0.1) is 0 Å². The first-order valence-corrected chi connectivity index (χ1v) is 9.48. The van der Waals surface area contributed by atoms with E-state index in [1.54, 1.807) is 0 Å². The smallest absolute Gasteiger partial charge is 0.326 e. The lowest BCUT2D eigenvalue weighted by Gasteiger charge is -2.31. The highest BCUT2D eigenvalue weighted by atomic mass is 35.5. The predicted octanol–water partition coefficient (Wildman–Crippen LogP) is -0.699. The maximum absolute atomic E-state index is 12.3. The number of halogens is 1. The van der Waals surface area contributed by atoms with Gasteiger partial charge < -0.3 is 15.1 Å². The Morgan fingerprint density at radius 3 is 2.60 bits per heavy atom. The maximum Gasteiger partial charge on any atom is 0.329 e. The van der Waals surface area contributed by atoms with E-state index < -0.39 is 0 Å². The summed E-state index contributed by atoms with van der Waals surface area (Å²) in [5, 5.41) is 3.58. The number of piperazine rings is 1. The number of carbonyl (C=O) groups is 2. The van der Waals surface area contributed by atoms with Gasteiger partial charge >= 0.3 is 6.03 Å². The van der Waals surface area contributed by atoms with Gasteiger partial charge in [-0.2, -0.15) is 0 Å². The second-order valence-electron chi connectivity index (χ2n) is 7.02. The van der Waals surface area contributed by atoms with E-state index in [0.717, 1.165) is 44.2 Å². The van der Waals surface area contributed by atoms with Crippen molar-refractivity contribution in [3.05, 3.63) is 34.9 Å². The Hall–Kier alpha value is -1.63. The zero-order valence-corrected chi connectivity index (χ0v) is 15.4. The summed E-state index contributed by atoms with van der Waals surface area (Å²) in [6, 6.07) is 7.46. The van der Waals surface area contributed by atoms with Crippen molar-refractivity contribution in [2.24, 2.45) is 0 Å². The zero-order chi connectivity index (χ0) is 17.8. The molecule has 2 fully saturated rings. The van der Waals surface area contributed by atoms with Gasteiger partial charge in [0.25, 0.3) is 5.91 Å². The third-order valence-electron chi connectivity index (χ3n) is 5.07. The SMILES string of the molecule is CCC[C@@H]1NC(=O)N(C[NH+]2CC[NH+](Cc3cccc(Cl)c3)CC2)C1=O. The lowest BCUT2D eigenvalue weighted by atomic mass is 10.2. The Labute approximate surface area is 153 Å². The average Bonchev–Trinajstić information content (AvgIpc) is 2.85. The quantitative estimate of drug-likeness (QED) is 0.583. The van der Waals surface area contributed by atoms with Gasteiger partial charge in [-0.05, 0) is 18.6 Å². The third-order valence-corrected chi connectivity index (χ3v) is 5.31. The van der Waals surface area contributed by atoms with Gasteiger partial charge in [-0.25, -0.2) is 9.69 Å². The van der Waals surface area contributed by atoms with E-state index in [-0.39, 0.29) is 18.0 Å². The number of imide groups is 1. The maximum atomic E-state index is 12.3. The van der Waals surface area contributed by atoms with E-state index in [4.69, 9.17) is 11.6 Å². The fourth-order valence-corrected chi connectivity index (χ4v) is 3.88. The second-order valence-corrected chi connectivity index (χ2v) is 7.46. The normalized spacial score (nSPS) is 26.8. The van der Waals surface area contributed by atoms with Crippen molar-refractivity contribution in [2.45, 2.75) is 32.4 Å². The first kappa shape index (κ1) is 18.2. The molecule has 3 N–H and O–H groups in total. The first-order chi connectivity index (χ1) is 12.1. The highest BCUT2D eigenvalue weighted by molar-refractivity contribution is 6.30. The van der Waals surface area contributed by atoms with Crippen LogP contribution in [0.15, 0.2) is 24.3 Å². The Morgan fingerprint density at radius 2 is 1.92 bits per heavy atom. The van der Waals surface area contributed by atoms with E-state index in [9.17, 15) is 9.59 Å². The fraction of sp³-hybridized carbons (Fsp3) is 0.556. The van der Waals surface area contributed by atoms with Crippen LogP contribution in [0.25, 0.3) is 0 Å². The highest BCUT2D eigenvalue weighted by Gasteiger charge is 2.40. The van der Waals surface area contributed by atoms with Crippen LogP contribution < -0.4 is 15.1 Å². The van der Waals surface area contributed by atoms with E-state index in [1.165, 1.54) is 20.3 Å². The topological polar surface area (TPSA) is 58.3 Å². The molecular weight excluding hydrogens is 340 g/mol. The Kier molecular flexibility index (Phi) is 5.93. The molecule has 0 saturated carbocycles. The van der Waals surface area contributed by atoms with Gasteiger partial charge in [0.2, 0.25) is 0 Å². The number of nitrogens with zero attached hydrogens (tertiary/aromatic N) is 1. The van der Waals surface area contributed by atoms with Crippen molar-refractivity contribution in [3.63, 3.8) is 0 Å². The summed E-state index contributed by atoms with van der Waals surface area (Å²) in [6.07, 6.45) is 1.61. The molecule has 2 heterocycles. The molecule has 1 atom stereocenters. The molecule has 2 aliphatic rings. The minimum Gasteiger partial charge on any atom is -0.326 e. The predicted molar refractivity (Wildman–Crippen MR) is 95.5 cm³/mol. The average molecular weight is 367 g/mol. The van der Waals surface area contributed by atoms with Gasteiger partial charge in [-0.3, -0.25) is 4.79 Å². The number of amides is 3. The second kappa shape index (κ2) is 8.17. The summed E-state index contributed by atoms with van der Waals surface area (Å²) in [6.45, 7) is 7.46. The van der Waals surface area contributed by atoms with Crippen LogP contribution in [-0.4, -0.2) is 55.7 Å². The molecule has 1 aromatic rings. The number of benzene rings is 1. The number of carbonyl (C=O) groups excluding carboxylic acids is 2. The summed E-state index contributed by atoms with van der Waals surface area (Å²) in [5.74, 6) is -0.0620. The fourth-order valence-electron chi connectivity index (χ4n) is 3.66. The highest BCUT2D eigenvalue weighted by Crippen LogP contribution is 2.10. The van der Waals surface area contributed by atoms with E-state index in [0.29, 0.717) is 13.1 Å². The van der Waals surface area contributed by atoms with Crippen molar-refractivity contribution < 1.29 is 19.4 Å². The third kappa shape index (κ3) is 4.51. The molecule has 3 amide bonds. The van der Waals surface area contributed by atoms with Gasteiger partial charge in [-0.1, -0.05) is 37.1 Å². The van der Waals surface area contributed by atoms with Crippen LogP contribution in [0.2, 0.25) is 5.02 Å². The van der Waals surface area contributed by atoms with Crippen LogP contribution in [0.1, 0.15) is 25.3 Å². The Balaban J connectivity index is 1.48.